The van der Waals surface area contributed by atoms with Gasteiger partial charge in [0.2, 0.25) is 0 Å². The van der Waals surface area contributed by atoms with Gasteiger partial charge in [-0.25, -0.2) is 5.01 Å². The van der Waals surface area contributed by atoms with Crippen molar-refractivity contribution >= 4 is 11.6 Å². The number of ether oxygens (including phenoxy) is 1. The van der Waals surface area contributed by atoms with Crippen LogP contribution in [0.1, 0.15) is 34.9 Å². The summed E-state index contributed by atoms with van der Waals surface area (Å²) in [5.74, 6) is 1.42. The minimum absolute atomic E-state index is 0.0842. The molecule has 184 valence electrons. The Kier molecular flexibility index (Phi) is 6.95. The van der Waals surface area contributed by atoms with E-state index in [4.69, 9.17) is 14.3 Å². The molecule has 36 heavy (non-hydrogen) atoms. The van der Waals surface area contributed by atoms with Crippen molar-refractivity contribution in [1.82, 2.24) is 19.7 Å². The molecule has 0 saturated carbocycles. The molecule has 4 aromatic rings. The van der Waals surface area contributed by atoms with E-state index < -0.39 is 0 Å². The molecule has 8 heteroatoms. The number of hydrogen-bond donors (Lipinski definition) is 0. The number of aromatic nitrogens is 2. The molecule has 1 atom stereocenters. The van der Waals surface area contributed by atoms with Gasteiger partial charge in [0.1, 0.15) is 17.6 Å². The number of carbonyl (C=O) groups is 1. The van der Waals surface area contributed by atoms with Gasteiger partial charge in [-0.1, -0.05) is 30.3 Å². The molecular weight excluding hydrogens is 454 g/mol. The Morgan fingerprint density at radius 1 is 1.08 bits per heavy atom. The lowest BCUT2D eigenvalue weighted by atomic mass is 10.0. The zero-order valence-electron chi connectivity index (χ0n) is 20.4. The summed E-state index contributed by atoms with van der Waals surface area (Å²) >= 11 is 0. The zero-order chi connectivity index (χ0) is 24.9. The van der Waals surface area contributed by atoms with E-state index in [0.29, 0.717) is 19.5 Å². The molecule has 2 aromatic heterocycles. The summed E-state index contributed by atoms with van der Waals surface area (Å²) in [6, 6.07) is 21.4. The van der Waals surface area contributed by atoms with E-state index in [-0.39, 0.29) is 18.5 Å². The summed E-state index contributed by atoms with van der Waals surface area (Å²) in [6.07, 6.45) is 6.09. The molecule has 0 N–H and O–H groups in total. The van der Waals surface area contributed by atoms with E-state index in [1.807, 2.05) is 83.6 Å². The van der Waals surface area contributed by atoms with Crippen LogP contribution in [0.5, 0.6) is 5.75 Å². The fourth-order valence-corrected chi connectivity index (χ4v) is 4.42. The van der Waals surface area contributed by atoms with Crippen molar-refractivity contribution in [2.45, 2.75) is 25.6 Å². The van der Waals surface area contributed by atoms with Gasteiger partial charge in [0.15, 0.2) is 0 Å². The largest absolute Gasteiger partial charge is 0.497 e. The highest BCUT2D eigenvalue weighted by Crippen LogP contribution is 2.33. The second kappa shape index (κ2) is 10.6. The standard InChI is InChI=1S/C28H29N5O3/c1-31(17-22-16-29-32(19-22)18-21-7-4-3-5-8-21)20-28(34)33-26(27-9-6-14-36-27)15-25(30-33)23-10-12-24(35-2)13-11-23/h3-14,16,19,26H,15,17-18,20H2,1-2H3/t26-/m1/s1. The average Bonchev–Trinajstić information content (AvgIpc) is 3.66. The van der Waals surface area contributed by atoms with E-state index >= 15 is 0 Å². The van der Waals surface area contributed by atoms with Crippen LogP contribution < -0.4 is 4.74 Å². The third-order valence-electron chi connectivity index (χ3n) is 6.19. The number of amides is 1. The van der Waals surface area contributed by atoms with Gasteiger partial charge in [0.25, 0.3) is 5.91 Å². The highest BCUT2D eigenvalue weighted by Gasteiger charge is 2.35. The minimum Gasteiger partial charge on any atom is -0.497 e. The predicted molar refractivity (Wildman–Crippen MR) is 137 cm³/mol. The number of nitrogens with zero attached hydrogens (tertiary/aromatic N) is 5. The number of carbonyl (C=O) groups excluding carboxylic acids is 1. The molecule has 0 saturated heterocycles. The quantitative estimate of drug-likeness (QED) is 0.354. The summed E-state index contributed by atoms with van der Waals surface area (Å²) < 4.78 is 12.8. The number of methoxy groups -OCH3 is 1. The Hall–Kier alpha value is -4.17. The van der Waals surface area contributed by atoms with E-state index in [2.05, 4.69) is 17.2 Å². The maximum absolute atomic E-state index is 13.4. The van der Waals surface area contributed by atoms with Crippen molar-refractivity contribution < 1.29 is 13.9 Å². The molecule has 5 rings (SSSR count). The smallest absolute Gasteiger partial charge is 0.257 e. The second-order valence-corrected chi connectivity index (χ2v) is 8.95. The lowest BCUT2D eigenvalue weighted by Crippen LogP contribution is -2.36. The average molecular weight is 484 g/mol. The van der Waals surface area contributed by atoms with Gasteiger partial charge in [0.05, 0.1) is 38.4 Å². The molecule has 0 spiro atoms. The molecule has 0 fully saturated rings. The van der Waals surface area contributed by atoms with Crippen LogP contribution in [-0.4, -0.2) is 52.0 Å². The summed E-state index contributed by atoms with van der Waals surface area (Å²) in [7, 11) is 3.57. The van der Waals surface area contributed by atoms with Gasteiger partial charge in [-0.05, 0) is 54.6 Å². The van der Waals surface area contributed by atoms with Crippen LogP contribution in [0.2, 0.25) is 0 Å². The summed E-state index contributed by atoms with van der Waals surface area (Å²) in [5, 5.41) is 10.8. The SMILES string of the molecule is COc1ccc(C2=NN(C(=O)CN(C)Cc3cnn(Cc4ccccc4)c3)[C@@H](c3ccco3)C2)cc1. The highest BCUT2D eigenvalue weighted by atomic mass is 16.5. The molecule has 0 bridgehead atoms. The van der Waals surface area contributed by atoms with Crippen LogP contribution in [-0.2, 0) is 17.9 Å². The molecule has 0 radical (unpaired) electrons. The summed E-state index contributed by atoms with van der Waals surface area (Å²) in [6.45, 7) is 1.54. The van der Waals surface area contributed by atoms with Gasteiger partial charge in [0, 0.05) is 24.7 Å². The first-order chi connectivity index (χ1) is 17.6. The van der Waals surface area contributed by atoms with Crippen LogP contribution in [0.4, 0.5) is 0 Å². The number of rotatable bonds is 9. The number of benzene rings is 2. The van der Waals surface area contributed by atoms with E-state index in [0.717, 1.165) is 28.3 Å². The van der Waals surface area contributed by atoms with Crippen molar-refractivity contribution in [2.75, 3.05) is 20.7 Å². The summed E-state index contributed by atoms with van der Waals surface area (Å²) in [4.78, 5) is 15.3. The minimum atomic E-state index is -0.272. The van der Waals surface area contributed by atoms with Crippen molar-refractivity contribution in [3.05, 3.63) is 108 Å². The lowest BCUT2D eigenvalue weighted by Gasteiger charge is -2.23. The van der Waals surface area contributed by atoms with Gasteiger partial charge in [-0.2, -0.15) is 10.2 Å². The molecule has 3 heterocycles. The molecule has 0 aliphatic carbocycles. The van der Waals surface area contributed by atoms with Crippen LogP contribution >= 0.6 is 0 Å². The maximum Gasteiger partial charge on any atom is 0.257 e. The molecule has 0 unspecified atom stereocenters. The molecular formula is C28H29N5O3. The molecule has 1 amide bonds. The monoisotopic (exact) mass is 483 g/mol. The predicted octanol–water partition coefficient (Wildman–Crippen LogP) is 4.34. The van der Waals surface area contributed by atoms with Crippen LogP contribution in [0.25, 0.3) is 0 Å². The first-order valence-electron chi connectivity index (χ1n) is 11.9. The van der Waals surface area contributed by atoms with Gasteiger partial charge >= 0.3 is 0 Å². The van der Waals surface area contributed by atoms with Crippen molar-refractivity contribution in [3.8, 4) is 5.75 Å². The van der Waals surface area contributed by atoms with Gasteiger partial charge in [-0.3, -0.25) is 14.4 Å². The molecule has 2 aromatic carbocycles. The Bertz CT molecular complexity index is 1310. The summed E-state index contributed by atoms with van der Waals surface area (Å²) in [5.41, 5.74) is 4.05. The fraction of sp³-hybridized carbons (Fsp3) is 0.250. The first kappa shape index (κ1) is 23.6. The van der Waals surface area contributed by atoms with Gasteiger partial charge < -0.3 is 9.15 Å². The van der Waals surface area contributed by atoms with Crippen molar-refractivity contribution in [3.63, 3.8) is 0 Å². The van der Waals surface area contributed by atoms with Gasteiger partial charge in [-0.15, -0.1) is 0 Å². The van der Waals surface area contributed by atoms with Crippen LogP contribution in [0.3, 0.4) is 0 Å². The Balaban J connectivity index is 1.26. The molecule has 1 aliphatic heterocycles. The Labute approximate surface area is 210 Å². The third-order valence-corrected chi connectivity index (χ3v) is 6.19. The van der Waals surface area contributed by atoms with E-state index in [1.54, 1.807) is 18.4 Å². The highest BCUT2D eigenvalue weighted by molar-refractivity contribution is 6.03. The third kappa shape index (κ3) is 5.39. The fourth-order valence-electron chi connectivity index (χ4n) is 4.42. The Morgan fingerprint density at radius 2 is 1.89 bits per heavy atom. The number of likely N-dealkylation sites (N-methyl/N-ethyl adjacent to an activating group) is 1. The van der Waals surface area contributed by atoms with E-state index in [9.17, 15) is 4.79 Å². The van der Waals surface area contributed by atoms with Crippen molar-refractivity contribution in [2.24, 2.45) is 5.10 Å². The van der Waals surface area contributed by atoms with E-state index in [1.165, 1.54) is 5.56 Å². The number of hydrogen-bond acceptors (Lipinski definition) is 6. The number of furan rings is 1. The second-order valence-electron chi connectivity index (χ2n) is 8.95. The first-order valence-corrected chi connectivity index (χ1v) is 11.9. The zero-order valence-corrected chi connectivity index (χ0v) is 20.4. The molecule has 1 aliphatic rings. The maximum atomic E-state index is 13.4. The number of hydrazone groups is 1. The van der Waals surface area contributed by atoms with Crippen molar-refractivity contribution in [1.29, 1.82) is 0 Å². The topological polar surface area (TPSA) is 76.1 Å². The normalized spacial score (nSPS) is 15.4. The lowest BCUT2D eigenvalue weighted by molar-refractivity contribution is -0.134. The van der Waals surface area contributed by atoms with Crippen LogP contribution in [0.15, 0.2) is 94.9 Å². The molecule has 8 nitrogen and oxygen atoms in total. The Morgan fingerprint density at radius 3 is 2.61 bits per heavy atom. The van der Waals surface area contributed by atoms with Crippen LogP contribution in [0, 0.1) is 0 Å².